The summed E-state index contributed by atoms with van der Waals surface area (Å²) in [6.45, 7) is 5.00. The van der Waals surface area contributed by atoms with Crippen LogP contribution in [0, 0.1) is 19.8 Å². The average Bonchev–Trinajstić information content (AvgIpc) is 2.60. The molecule has 0 radical (unpaired) electrons. The van der Waals surface area contributed by atoms with E-state index >= 15 is 0 Å². The Bertz CT molecular complexity index is 472. The Morgan fingerprint density at radius 3 is 2.68 bits per heavy atom. The summed E-state index contributed by atoms with van der Waals surface area (Å²) in [6.07, 6.45) is 0.119. The highest BCUT2D eigenvalue weighted by atomic mass is 16.5. The fourth-order valence-corrected chi connectivity index (χ4v) is 2.14. The maximum absolute atomic E-state index is 11.8. The van der Waals surface area contributed by atoms with Gasteiger partial charge in [0.05, 0.1) is 12.1 Å². The van der Waals surface area contributed by atoms with E-state index in [1.165, 1.54) is 0 Å². The predicted molar refractivity (Wildman–Crippen MR) is 65.5 cm³/mol. The van der Waals surface area contributed by atoms with Crippen LogP contribution in [0.15, 0.2) is 4.52 Å². The standard InChI is InChI=1S/C12H17N3O4/c1-7-10(8(2)19-14-7)4-13-12(18)15-5-9(6-15)3-11(16)17/h9H,3-6H2,1-2H3,(H,13,18)(H,16,17). The molecule has 1 aliphatic rings. The Kier molecular flexibility index (Phi) is 3.73. The van der Waals surface area contributed by atoms with Gasteiger partial charge in [-0.3, -0.25) is 4.79 Å². The number of nitrogens with one attached hydrogen (secondary N) is 1. The van der Waals surface area contributed by atoms with Crippen molar-refractivity contribution in [3.05, 3.63) is 17.0 Å². The van der Waals surface area contributed by atoms with Crippen LogP contribution >= 0.6 is 0 Å². The molecule has 1 fully saturated rings. The van der Waals surface area contributed by atoms with Crippen LogP contribution in [0.5, 0.6) is 0 Å². The van der Waals surface area contributed by atoms with Crippen molar-refractivity contribution in [2.24, 2.45) is 5.92 Å². The molecule has 1 aromatic heterocycles. The van der Waals surface area contributed by atoms with E-state index < -0.39 is 5.97 Å². The van der Waals surface area contributed by atoms with E-state index in [9.17, 15) is 9.59 Å². The van der Waals surface area contributed by atoms with Crippen molar-refractivity contribution in [3.8, 4) is 0 Å². The highest BCUT2D eigenvalue weighted by Crippen LogP contribution is 2.19. The lowest BCUT2D eigenvalue weighted by Crippen LogP contribution is -2.54. The molecule has 2 heterocycles. The van der Waals surface area contributed by atoms with E-state index in [0.717, 1.165) is 11.3 Å². The number of hydrogen-bond donors (Lipinski definition) is 2. The number of likely N-dealkylation sites (tertiary alicyclic amines) is 1. The number of urea groups is 1. The smallest absolute Gasteiger partial charge is 0.317 e. The molecule has 0 bridgehead atoms. The van der Waals surface area contributed by atoms with Crippen molar-refractivity contribution in [2.45, 2.75) is 26.8 Å². The van der Waals surface area contributed by atoms with Gasteiger partial charge in [-0.25, -0.2) is 4.79 Å². The van der Waals surface area contributed by atoms with Gasteiger partial charge < -0.3 is 19.8 Å². The molecule has 0 aromatic carbocycles. The number of carbonyl (C=O) groups excluding carboxylic acids is 1. The number of carboxylic acids is 1. The van der Waals surface area contributed by atoms with Crippen molar-refractivity contribution in [3.63, 3.8) is 0 Å². The molecule has 2 amide bonds. The number of carboxylic acid groups (broad SMARTS) is 1. The van der Waals surface area contributed by atoms with Gasteiger partial charge in [0.2, 0.25) is 0 Å². The van der Waals surface area contributed by atoms with E-state index in [1.807, 2.05) is 6.92 Å². The summed E-state index contributed by atoms with van der Waals surface area (Å²) in [6, 6.07) is -0.179. The second kappa shape index (κ2) is 5.29. The van der Waals surface area contributed by atoms with Gasteiger partial charge in [0, 0.05) is 31.1 Å². The quantitative estimate of drug-likeness (QED) is 0.845. The Hall–Kier alpha value is -2.05. The van der Waals surface area contributed by atoms with E-state index in [1.54, 1.807) is 11.8 Å². The highest BCUT2D eigenvalue weighted by Gasteiger charge is 2.31. The minimum absolute atomic E-state index is 0.0716. The first-order valence-corrected chi connectivity index (χ1v) is 6.13. The number of hydrogen-bond acceptors (Lipinski definition) is 4. The lowest BCUT2D eigenvalue weighted by Gasteiger charge is -2.38. The fourth-order valence-electron chi connectivity index (χ4n) is 2.14. The molecule has 2 rings (SSSR count). The largest absolute Gasteiger partial charge is 0.481 e. The minimum atomic E-state index is -0.819. The molecular formula is C12H17N3O4. The summed E-state index contributed by atoms with van der Waals surface area (Å²) in [5, 5.41) is 15.2. The van der Waals surface area contributed by atoms with Crippen LogP contribution in [-0.2, 0) is 11.3 Å². The molecule has 1 saturated heterocycles. The van der Waals surface area contributed by atoms with Crippen LogP contribution in [0.3, 0.4) is 0 Å². The molecule has 0 atom stereocenters. The third-order valence-corrected chi connectivity index (χ3v) is 3.31. The van der Waals surface area contributed by atoms with Gasteiger partial charge in [-0.2, -0.15) is 0 Å². The first-order valence-electron chi connectivity index (χ1n) is 6.13. The fraction of sp³-hybridized carbons (Fsp3) is 0.583. The van der Waals surface area contributed by atoms with Crippen LogP contribution in [0.4, 0.5) is 4.79 Å². The Labute approximate surface area is 110 Å². The molecule has 1 aliphatic heterocycles. The van der Waals surface area contributed by atoms with Gasteiger partial charge >= 0.3 is 12.0 Å². The van der Waals surface area contributed by atoms with Gasteiger partial charge in [-0.15, -0.1) is 0 Å². The van der Waals surface area contributed by atoms with Gasteiger partial charge in [-0.05, 0) is 13.8 Å². The first-order chi connectivity index (χ1) is 8.97. The van der Waals surface area contributed by atoms with Crippen LogP contribution in [-0.4, -0.2) is 40.3 Å². The van der Waals surface area contributed by atoms with Crippen molar-refractivity contribution < 1.29 is 19.2 Å². The number of rotatable bonds is 4. The lowest BCUT2D eigenvalue weighted by molar-refractivity contribution is -0.139. The number of aliphatic carboxylic acids is 1. The van der Waals surface area contributed by atoms with Crippen molar-refractivity contribution in [1.82, 2.24) is 15.4 Å². The lowest BCUT2D eigenvalue weighted by atomic mass is 9.97. The molecular weight excluding hydrogens is 250 g/mol. The molecule has 1 aromatic rings. The van der Waals surface area contributed by atoms with Crippen LogP contribution in [0.2, 0.25) is 0 Å². The van der Waals surface area contributed by atoms with Gasteiger partial charge in [0.1, 0.15) is 5.76 Å². The third-order valence-electron chi connectivity index (χ3n) is 3.31. The van der Waals surface area contributed by atoms with Crippen molar-refractivity contribution in [1.29, 1.82) is 0 Å². The number of nitrogens with zero attached hydrogens (tertiary/aromatic N) is 2. The van der Waals surface area contributed by atoms with E-state index in [-0.39, 0.29) is 18.4 Å². The van der Waals surface area contributed by atoms with E-state index in [2.05, 4.69) is 10.5 Å². The highest BCUT2D eigenvalue weighted by molar-refractivity contribution is 5.75. The molecule has 19 heavy (non-hydrogen) atoms. The minimum Gasteiger partial charge on any atom is -0.481 e. The monoisotopic (exact) mass is 267 g/mol. The van der Waals surface area contributed by atoms with E-state index in [4.69, 9.17) is 9.63 Å². The molecule has 7 nitrogen and oxygen atoms in total. The summed E-state index contributed by atoms with van der Waals surface area (Å²) >= 11 is 0. The van der Waals surface area contributed by atoms with E-state index in [0.29, 0.717) is 25.4 Å². The number of aromatic nitrogens is 1. The van der Waals surface area contributed by atoms with Crippen LogP contribution in [0.25, 0.3) is 0 Å². The zero-order valence-corrected chi connectivity index (χ0v) is 11.0. The van der Waals surface area contributed by atoms with Crippen LogP contribution < -0.4 is 5.32 Å². The van der Waals surface area contributed by atoms with Gasteiger partial charge in [0.25, 0.3) is 0 Å². The molecule has 0 saturated carbocycles. The first kappa shape index (κ1) is 13.4. The topological polar surface area (TPSA) is 95.7 Å². The van der Waals surface area contributed by atoms with Gasteiger partial charge in [-0.1, -0.05) is 5.16 Å². The second-order valence-electron chi connectivity index (χ2n) is 4.83. The Morgan fingerprint density at radius 1 is 1.47 bits per heavy atom. The van der Waals surface area contributed by atoms with Crippen molar-refractivity contribution in [2.75, 3.05) is 13.1 Å². The number of carbonyl (C=O) groups is 2. The van der Waals surface area contributed by atoms with Crippen molar-refractivity contribution >= 4 is 12.0 Å². The molecule has 0 aliphatic carbocycles. The van der Waals surface area contributed by atoms with Crippen LogP contribution in [0.1, 0.15) is 23.4 Å². The third kappa shape index (κ3) is 3.04. The predicted octanol–water partition coefficient (Wildman–Crippen LogP) is 0.908. The molecule has 2 N–H and O–H groups in total. The number of amides is 2. The summed E-state index contributed by atoms with van der Waals surface area (Å²) in [7, 11) is 0. The van der Waals surface area contributed by atoms with Gasteiger partial charge in [0.15, 0.2) is 0 Å². The second-order valence-corrected chi connectivity index (χ2v) is 4.83. The number of aryl methyl sites for hydroxylation is 2. The average molecular weight is 267 g/mol. The summed E-state index contributed by atoms with van der Waals surface area (Å²) < 4.78 is 5.01. The zero-order chi connectivity index (χ0) is 14.0. The maximum Gasteiger partial charge on any atom is 0.317 e. The Morgan fingerprint density at radius 2 is 2.16 bits per heavy atom. The Balaban J connectivity index is 1.76. The summed E-state index contributed by atoms with van der Waals surface area (Å²) in [5.41, 5.74) is 1.65. The molecule has 0 spiro atoms. The normalized spacial score (nSPS) is 15.2. The SMILES string of the molecule is Cc1noc(C)c1CNC(=O)N1CC(CC(=O)O)C1. The molecule has 0 unspecified atom stereocenters. The summed E-state index contributed by atoms with van der Waals surface area (Å²) in [5.74, 6) is -0.0479. The maximum atomic E-state index is 11.8. The molecule has 104 valence electrons. The summed E-state index contributed by atoms with van der Waals surface area (Å²) in [4.78, 5) is 23.9. The zero-order valence-electron chi connectivity index (χ0n) is 11.0. The molecule has 7 heteroatoms.